The predicted octanol–water partition coefficient (Wildman–Crippen LogP) is 3.22. The first-order valence-electron chi connectivity index (χ1n) is 7.45. The molecule has 0 heterocycles. The third-order valence-electron chi connectivity index (χ3n) is 3.66. The molecule has 1 aromatic carbocycles. The van der Waals surface area contributed by atoms with Crippen LogP contribution in [0.15, 0.2) is 18.2 Å². The van der Waals surface area contributed by atoms with E-state index >= 15 is 0 Å². The fraction of sp³-hybridized carbons (Fsp3) is 0.625. The minimum atomic E-state index is -0.199. The fourth-order valence-electron chi connectivity index (χ4n) is 2.38. The lowest BCUT2D eigenvalue weighted by atomic mass is 10.0. The summed E-state index contributed by atoms with van der Waals surface area (Å²) >= 11 is 0. The van der Waals surface area contributed by atoms with Gasteiger partial charge in [0, 0.05) is 17.7 Å². The Labute approximate surface area is 122 Å². The SMILES string of the molecule is CCNC(CCN(CC)CC)c1ccc(OC)cc1F. The Balaban J connectivity index is 2.79. The van der Waals surface area contributed by atoms with Gasteiger partial charge in [0.15, 0.2) is 0 Å². The first kappa shape index (κ1) is 16.9. The molecule has 4 heteroatoms. The Hall–Kier alpha value is -1.13. The van der Waals surface area contributed by atoms with E-state index in [0.717, 1.165) is 38.2 Å². The standard InChI is InChI=1S/C16H27FN2O/c1-5-18-16(10-11-19(6-2)7-3)14-9-8-13(20-4)12-15(14)17/h8-9,12,16,18H,5-7,10-11H2,1-4H3. The minimum Gasteiger partial charge on any atom is -0.497 e. The van der Waals surface area contributed by atoms with Crippen LogP contribution in [-0.4, -0.2) is 38.2 Å². The van der Waals surface area contributed by atoms with E-state index in [1.165, 1.54) is 6.07 Å². The summed E-state index contributed by atoms with van der Waals surface area (Å²) < 4.78 is 19.2. The van der Waals surface area contributed by atoms with Crippen LogP contribution in [0.1, 0.15) is 38.8 Å². The predicted molar refractivity (Wildman–Crippen MR) is 81.8 cm³/mol. The molecule has 0 fully saturated rings. The average Bonchev–Trinajstić information content (AvgIpc) is 2.47. The highest BCUT2D eigenvalue weighted by Crippen LogP contribution is 2.24. The molecule has 0 aliphatic rings. The Morgan fingerprint density at radius 1 is 1.25 bits per heavy atom. The monoisotopic (exact) mass is 282 g/mol. The summed E-state index contributed by atoms with van der Waals surface area (Å²) in [7, 11) is 1.55. The van der Waals surface area contributed by atoms with Gasteiger partial charge in [0.25, 0.3) is 0 Å². The van der Waals surface area contributed by atoms with Crippen molar-refractivity contribution < 1.29 is 9.13 Å². The number of hydrogen-bond acceptors (Lipinski definition) is 3. The first-order chi connectivity index (χ1) is 9.65. The molecule has 3 nitrogen and oxygen atoms in total. The summed E-state index contributed by atoms with van der Waals surface area (Å²) in [6.45, 7) is 10.2. The second-order valence-electron chi connectivity index (χ2n) is 4.81. The number of hydrogen-bond donors (Lipinski definition) is 1. The van der Waals surface area contributed by atoms with Gasteiger partial charge in [-0.15, -0.1) is 0 Å². The van der Waals surface area contributed by atoms with Crippen molar-refractivity contribution in [1.29, 1.82) is 0 Å². The zero-order valence-corrected chi connectivity index (χ0v) is 13.1. The van der Waals surface area contributed by atoms with Crippen molar-refractivity contribution in [3.8, 4) is 5.75 Å². The van der Waals surface area contributed by atoms with Crippen molar-refractivity contribution in [1.82, 2.24) is 10.2 Å². The maximum atomic E-state index is 14.2. The Bertz CT molecular complexity index is 394. The van der Waals surface area contributed by atoms with Gasteiger partial charge in [-0.25, -0.2) is 4.39 Å². The molecule has 0 amide bonds. The lowest BCUT2D eigenvalue weighted by molar-refractivity contribution is 0.281. The number of rotatable bonds is 9. The maximum absolute atomic E-state index is 14.2. The lowest BCUT2D eigenvalue weighted by Gasteiger charge is -2.24. The van der Waals surface area contributed by atoms with Gasteiger partial charge in [0.1, 0.15) is 11.6 Å². The molecule has 0 bridgehead atoms. The molecule has 0 radical (unpaired) electrons. The van der Waals surface area contributed by atoms with Crippen molar-refractivity contribution >= 4 is 0 Å². The molecule has 1 N–H and O–H groups in total. The van der Waals surface area contributed by atoms with E-state index in [-0.39, 0.29) is 11.9 Å². The quantitative estimate of drug-likeness (QED) is 0.752. The molecular weight excluding hydrogens is 255 g/mol. The van der Waals surface area contributed by atoms with Crippen molar-refractivity contribution in [2.75, 3.05) is 33.3 Å². The first-order valence-corrected chi connectivity index (χ1v) is 7.45. The molecule has 114 valence electrons. The molecule has 0 saturated carbocycles. The van der Waals surface area contributed by atoms with Crippen molar-refractivity contribution in [2.24, 2.45) is 0 Å². The van der Waals surface area contributed by atoms with Gasteiger partial charge in [-0.05, 0) is 38.7 Å². The van der Waals surface area contributed by atoms with Crippen LogP contribution in [0.5, 0.6) is 5.75 Å². The van der Waals surface area contributed by atoms with Crippen molar-refractivity contribution in [3.63, 3.8) is 0 Å². The topological polar surface area (TPSA) is 24.5 Å². The molecule has 1 unspecified atom stereocenters. The van der Waals surface area contributed by atoms with Crippen LogP contribution in [0.4, 0.5) is 4.39 Å². The Kier molecular flexibility index (Phi) is 7.55. The highest BCUT2D eigenvalue weighted by Gasteiger charge is 2.16. The molecule has 0 saturated heterocycles. The van der Waals surface area contributed by atoms with Gasteiger partial charge in [0.05, 0.1) is 7.11 Å². The normalized spacial score (nSPS) is 12.7. The summed E-state index contributed by atoms with van der Waals surface area (Å²) in [5.74, 6) is 0.361. The van der Waals surface area contributed by atoms with Gasteiger partial charge in [0.2, 0.25) is 0 Å². The van der Waals surface area contributed by atoms with Gasteiger partial charge in [-0.1, -0.05) is 26.8 Å². The van der Waals surface area contributed by atoms with Crippen LogP contribution < -0.4 is 10.1 Å². The van der Waals surface area contributed by atoms with Crippen molar-refractivity contribution in [3.05, 3.63) is 29.6 Å². The summed E-state index contributed by atoms with van der Waals surface area (Å²) in [6.07, 6.45) is 0.902. The molecule has 1 aromatic rings. The van der Waals surface area contributed by atoms with Crippen LogP contribution >= 0.6 is 0 Å². The second kappa shape index (κ2) is 8.93. The van der Waals surface area contributed by atoms with E-state index in [1.54, 1.807) is 7.11 Å². The maximum Gasteiger partial charge on any atom is 0.131 e. The van der Waals surface area contributed by atoms with Gasteiger partial charge in [-0.3, -0.25) is 0 Å². The molecule has 1 atom stereocenters. The van der Waals surface area contributed by atoms with E-state index in [0.29, 0.717) is 5.75 Å². The highest BCUT2D eigenvalue weighted by atomic mass is 19.1. The third kappa shape index (κ3) is 4.76. The molecular formula is C16H27FN2O. The number of ether oxygens (including phenoxy) is 1. The molecule has 1 rings (SSSR count). The van der Waals surface area contributed by atoms with Crippen LogP contribution in [-0.2, 0) is 0 Å². The van der Waals surface area contributed by atoms with E-state index in [9.17, 15) is 4.39 Å². The summed E-state index contributed by atoms with van der Waals surface area (Å²) in [5.41, 5.74) is 0.722. The largest absolute Gasteiger partial charge is 0.497 e. The zero-order valence-electron chi connectivity index (χ0n) is 13.1. The van der Waals surface area contributed by atoms with Gasteiger partial charge >= 0.3 is 0 Å². The van der Waals surface area contributed by atoms with Crippen LogP contribution in [0.25, 0.3) is 0 Å². The Morgan fingerprint density at radius 3 is 2.45 bits per heavy atom. The highest BCUT2D eigenvalue weighted by molar-refractivity contribution is 5.30. The molecule has 0 aliphatic heterocycles. The minimum absolute atomic E-state index is 0.0477. The number of nitrogens with zero attached hydrogens (tertiary/aromatic N) is 1. The summed E-state index contributed by atoms with van der Waals surface area (Å²) in [4.78, 5) is 2.35. The number of benzene rings is 1. The fourth-order valence-corrected chi connectivity index (χ4v) is 2.38. The average molecular weight is 282 g/mol. The van der Waals surface area contributed by atoms with Gasteiger partial charge in [-0.2, -0.15) is 0 Å². The number of halogens is 1. The van der Waals surface area contributed by atoms with Crippen LogP contribution in [0.3, 0.4) is 0 Å². The number of methoxy groups -OCH3 is 1. The van der Waals surface area contributed by atoms with Gasteiger partial charge < -0.3 is 15.0 Å². The van der Waals surface area contributed by atoms with E-state index in [4.69, 9.17) is 4.74 Å². The summed E-state index contributed by atoms with van der Waals surface area (Å²) in [6, 6.07) is 5.15. The molecule has 0 aromatic heterocycles. The van der Waals surface area contributed by atoms with Crippen LogP contribution in [0.2, 0.25) is 0 Å². The van der Waals surface area contributed by atoms with E-state index < -0.39 is 0 Å². The van der Waals surface area contributed by atoms with Crippen molar-refractivity contribution in [2.45, 2.75) is 33.2 Å². The van der Waals surface area contributed by atoms with E-state index in [1.807, 2.05) is 19.1 Å². The lowest BCUT2D eigenvalue weighted by Crippen LogP contribution is -2.29. The second-order valence-corrected chi connectivity index (χ2v) is 4.81. The van der Waals surface area contributed by atoms with Crippen LogP contribution in [0, 0.1) is 5.82 Å². The smallest absolute Gasteiger partial charge is 0.131 e. The molecule has 0 spiro atoms. The molecule has 0 aliphatic carbocycles. The number of nitrogens with one attached hydrogen (secondary N) is 1. The molecule has 20 heavy (non-hydrogen) atoms. The third-order valence-corrected chi connectivity index (χ3v) is 3.66. The Morgan fingerprint density at radius 2 is 1.95 bits per heavy atom. The summed E-state index contributed by atoms with van der Waals surface area (Å²) in [5, 5.41) is 3.37. The van der Waals surface area contributed by atoms with E-state index in [2.05, 4.69) is 24.1 Å². The zero-order chi connectivity index (χ0) is 15.0.